The lowest BCUT2D eigenvalue weighted by Crippen LogP contribution is -2.11. The van der Waals surface area contributed by atoms with Gasteiger partial charge >= 0.3 is 0 Å². The predicted molar refractivity (Wildman–Crippen MR) is 59.4 cm³/mol. The van der Waals surface area contributed by atoms with E-state index in [0.29, 0.717) is 12.8 Å². The molecular weight excluding hydrogens is 186 g/mol. The van der Waals surface area contributed by atoms with Gasteiger partial charge in [-0.3, -0.25) is 4.79 Å². The highest BCUT2D eigenvalue weighted by molar-refractivity contribution is 5.95. The summed E-state index contributed by atoms with van der Waals surface area (Å²) in [5.41, 5.74) is 0.316. The molecule has 0 saturated heterocycles. The first-order valence-corrected chi connectivity index (χ1v) is 5.05. The molecule has 0 spiro atoms. The van der Waals surface area contributed by atoms with Crippen LogP contribution in [-0.4, -0.2) is 5.78 Å². The molecule has 0 N–H and O–H groups in total. The monoisotopic (exact) mass is 201 g/mol. The number of Topliss-reactive ketones (excluding diaryl/α,β-unsaturated/α-hetero) is 1. The summed E-state index contributed by atoms with van der Waals surface area (Å²) in [7, 11) is 0. The summed E-state index contributed by atoms with van der Waals surface area (Å²) in [6.07, 6.45) is 1.04. The lowest BCUT2D eigenvalue weighted by Gasteiger charge is -2.13. The van der Waals surface area contributed by atoms with Crippen molar-refractivity contribution in [2.24, 2.45) is 5.41 Å². The fourth-order valence-corrected chi connectivity index (χ4v) is 1.25. The maximum absolute atomic E-state index is 11.7. The van der Waals surface area contributed by atoms with Crippen LogP contribution in [-0.2, 0) is 0 Å². The standard InChI is InChI=1S/C13H15NO/c1-13(2,10-14)9-8-12(15)11-6-4-3-5-7-11/h3-7H,8-9H2,1-2H3. The third kappa shape index (κ3) is 3.55. The van der Waals surface area contributed by atoms with E-state index in [1.54, 1.807) is 0 Å². The van der Waals surface area contributed by atoms with E-state index >= 15 is 0 Å². The lowest BCUT2D eigenvalue weighted by molar-refractivity contribution is 0.0970. The number of nitriles is 1. The first-order chi connectivity index (χ1) is 7.05. The van der Waals surface area contributed by atoms with Crippen LogP contribution in [0.25, 0.3) is 0 Å². The SMILES string of the molecule is CC(C)(C#N)CCC(=O)c1ccccc1. The minimum Gasteiger partial charge on any atom is -0.294 e. The Kier molecular flexibility index (Phi) is 3.62. The Bertz CT molecular complexity index is 373. The normalized spacial score (nSPS) is 10.7. The van der Waals surface area contributed by atoms with Gasteiger partial charge in [0.2, 0.25) is 0 Å². The van der Waals surface area contributed by atoms with E-state index in [-0.39, 0.29) is 5.78 Å². The van der Waals surface area contributed by atoms with Crippen LogP contribution in [0.2, 0.25) is 0 Å². The zero-order chi connectivity index (χ0) is 11.3. The highest BCUT2D eigenvalue weighted by atomic mass is 16.1. The summed E-state index contributed by atoms with van der Waals surface area (Å²) in [6, 6.07) is 11.4. The summed E-state index contributed by atoms with van der Waals surface area (Å²) < 4.78 is 0. The molecule has 2 heteroatoms. The fraction of sp³-hybridized carbons (Fsp3) is 0.385. The number of carbonyl (C=O) groups is 1. The van der Waals surface area contributed by atoms with Crippen molar-refractivity contribution in [2.45, 2.75) is 26.7 Å². The number of ketones is 1. The molecule has 0 bridgehead atoms. The van der Waals surface area contributed by atoms with Gasteiger partial charge in [-0.05, 0) is 20.3 Å². The van der Waals surface area contributed by atoms with Gasteiger partial charge in [-0.25, -0.2) is 0 Å². The smallest absolute Gasteiger partial charge is 0.162 e. The van der Waals surface area contributed by atoms with Crippen LogP contribution < -0.4 is 0 Å². The molecule has 0 saturated carbocycles. The molecule has 78 valence electrons. The van der Waals surface area contributed by atoms with Crippen molar-refractivity contribution in [3.63, 3.8) is 0 Å². The van der Waals surface area contributed by atoms with Crippen LogP contribution in [0.5, 0.6) is 0 Å². The summed E-state index contributed by atoms with van der Waals surface area (Å²) in [4.78, 5) is 11.7. The van der Waals surface area contributed by atoms with Gasteiger partial charge in [-0.1, -0.05) is 30.3 Å². The number of benzene rings is 1. The average molecular weight is 201 g/mol. The van der Waals surface area contributed by atoms with Crippen molar-refractivity contribution in [1.82, 2.24) is 0 Å². The third-order valence-electron chi connectivity index (χ3n) is 2.38. The molecule has 0 radical (unpaired) electrons. The topological polar surface area (TPSA) is 40.9 Å². The van der Waals surface area contributed by atoms with Gasteiger partial charge in [-0.2, -0.15) is 5.26 Å². The van der Waals surface area contributed by atoms with E-state index in [1.807, 2.05) is 44.2 Å². The molecule has 0 atom stereocenters. The van der Waals surface area contributed by atoms with Crippen molar-refractivity contribution in [1.29, 1.82) is 5.26 Å². The number of carbonyl (C=O) groups excluding carboxylic acids is 1. The third-order valence-corrected chi connectivity index (χ3v) is 2.38. The Hall–Kier alpha value is -1.62. The zero-order valence-corrected chi connectivity index (χ0v) is 9.16. The second-order valence-electron chi connectivity index (χ2n) is 4.28. The molecule has 0 unspecified atom stereocenters. The van der Waals surface area contributed by atoms with Gasteiger partial charge in [0.05, 0.1) is 11.5 Å². The highest BCUT2D eigenvalue weighted by Gasteiger charge is 2.18. The predicted octanol–water partition coefficient (Wildman–Crippen LogP) is 3.20. The molecule has 1 aromatic rings. The molecule has 2 nitrogen and oxygen atoms in total. The second kappa shape index (κ2) is 4.75. The number of hydrogen-bond acceptors (Lipinski definition) is 2. The van der Waals surface area contributed by atoms with Crippen molar-refractivity contribution in [3.8, 4) is 6.07 Å². The van der Waals surface area contributed by atoms with Gasteiger partial charge in [0.25, 0.3) is 0 Å². The minimum atomic E-state index is -0.412. The zero-order valence-electron chi connectivity index (χ0n) is 9.16. The Morgan fingerprint density at radius 3 is 2.47 bits per heavy atom. The summed E-state index contributed by atoms with van der Waals surface area (Å²) in [5.74, 6) is 0.110. The van der Waals surface area contributed by atoms with E-state index in [4.69, 9.17) is 5.26 Å². The number of nitrogens with zero attached hydrogens (tertiary/aromatic N) is 1. The van der Waals surface area contributed by atoms with Gasteiger partial charge in [0.1, 0.15) is 0 Å². The molecule has 0 fully saturated rings. The first-order valence-electron chi connectivity index (χ1n) is 5.05. The summed E-state index contributed by atoms with van der Waals surface area (Å²) >= 11 is 0. The largest absolute Gasteiger partial charge is 0.294 e. The number of rotatable bonds is 4. The molecule has 1 rings (SSSR count). The first kappa shape index (κ1) is 11.5. The second-order valence-corrected chi connectivity index (χ2v) is 4.28. The maximum atomic E-state index is 11.7. The highest BCUT2D eigenvalue weighted by Crippen LogP contribution is 2.21. The molecule has 0 heterocycles. The van der Waals surface area contributed by atoms with Gasteiger partial charge < -0.3 is 0 Å². The van der Waals surface area contributed by atoms with Gasteiger partial charge in [0.15, 0.2) is 5.78 Å². The molecule has 0 amide bonds. The van der Waals surface area contributed by atoms with Crippen molar-refractivity contribution in [3.05, 3.63) is 35.9 Å². The van der Waals surface area contributed by atoms with Gasteiger partial charge in [0, 0.05) is 12.0 Å². The fourth-order valence-electron chi connectivity index (χ4n) is 1.25. The minimum absolute atomic E-state index is 0.110. The van der Waals surface area contributed by atoms with E-state index in [2.05, 4.69) is 6.07 Å². The summed E-state index contributed by atoms with van der Waals surface area (Å²) in [5, 5.41) is 8.82. The van der Waals surface area contributed by atoms with E-state index in [9.17, 15) is 4.79 Å². The van der Waals surface area contributed by atoms with E-state index in [0.717, 1.165) is 5.56 Å². The molecule has 0 aliphatic carbocycles. The molecule has 15 heavy (non-hydrogen) atoms. The molecule has 1 aromatic carbocycles. The summed E-state index contributed by atoms with van der Waals surface area (Å²) in [6.45, 7) is 3.70. The van der Waals surface area contributed by atoms with Crippen molar-refractivity contribution < 1.29 is 4.79 Å². The van der Waals surface area contributed by atoms with Crippen molar-refractivity contribution >= 4 is 5.78 Å². The van der Waals surface area contributed by atoms with E-state index in [1.165, 1.54) is 0 Å². The van der Waals surface area contributed by atoms with Crippen LogP contribution in [0.15, 0.2) is 30.3 Å². The molecule has 0 aliphatic rings. The van der Waals surface area contributed by atoms with Crippen LogP contribution in [0.4, 0.5) is 0 Å². The Morgan fingerprint density at radius 1 is 1.33 bits per heavy atom. The Morgan fingerprint density at radius 2 is 1.93 bits per heavy atom. The van der Waals surface area contributed by atoms with Crippen LogP contribution in [0.3, 0.4) is 0 Å². The number of hydrogen-bond donors (Lipinski definition) is 0. The average Bonchev–Trinajstić information content (AvgIpc) is 2.27. The van der Waals surface area contributed by atoms with Crippen LogP contribution >= 0.6 is 0 Å². The molecule has 0 aliphatic heterocycles. The molecule has 0 aromatic heterocycles. The Labute approximate surface area is 90.5 Å². The lowest BCUT2D eigenvalue weighted by atomic mass is 9.88. The Balaban J connectivity index is 2.56. The van der Waals surface area contributed by atoms with Crippen LogP contribution in [0.1, 0.15) is 37.0 Å². The van der Waals surface area contributed by atoms with Crippen molar-refractivity contribution in [2.75, 3.05) is 0 Å². The van der Waals surface area contributed by atoms with E-state index < -0.39 is 5.41 Å². The maximum Gasteiger partial charge on any atom is 0.162 e. The van der Waals surface area contributed by atoms with Gasteiger partial charge in [-0.15, -0.1) is 0 Å². The van der Waals surface area contributed by atoms with Crippen LogP contribution in [0, 0.1) is 16.7 Å². The quantitative estimate of drug-likeness (QED) is 0.702. The molecular formula is C13H15NO.